The van der Waals surface area contributed by atoms with Gasteiger partial charge in [-0.1, -0.05) is 52.4 Å². The standard InChI is InChI=1S/2C13H19FN2S/c2*1-2-3-4-5-10-15-13(17)16-12-8-6-11(14)7-9-12/h2*6-9H,2-5,10H2,1H3,(H2,15,16,17). The number of halogens is 2. The summed E-state index contributed by atoms with van der Waals surface area (Å²) in [5, 5.41) is 13.5. The molecule has 8 heteroatoms. The molecule has 2 aromatic carbocycles. The minimum absolute atomic E-state index is 0.242. The monoisotopic (exact) mass is 508 g/mol. The second-order valence-corrected chi connectivity index (χ2v) is 8.71. The third kappa shape index (κ3) is 15.5. The number of rotatable bonds is 12. The van der Waals surface area contributed by atoms with E-state index in [0.29, 0.717) is 10.2 Å². The van der Waals surface area contributed by atoms with Crippen LogP contribution in [0.4, 0.5) is 20.2 Å². The Morgan fingerprint density at radius 2 is 0.941 bits per heavy atom. The van der Waals surface area contributed by atoms with E-state index in [4.69, 9.17) is 24.4 Å². The van der Waals surface area contributed by atoms with Crippen molar-refractivity contribution in [1.82, 2.24) is 10.6 Å². The quantitative estimate of drug-likeness (QED) is 0.177. The van der Waals surface area contributed by atoms with Gasteiger partial charge in [-0.25, -0.2) is 8.78 Å². The summed E-state index contributed by atoms with van der Waals surface area (Å²) >= 11 is 10.3. The van der Waals surface area contributed by atoms with Crippen molar-refractivity contribution in [2.75, 3.05) is 23.7 Å². The number of thiocarbonyl (C=S) groups is 2. The summed E-state index contributed by atoms with van der Waals surface area (Å²) < 4.78 is 25.3. The van der Waals surface area contributed by atoms with Crippen molar-refractivity contribution < 1.29 is 8.78 Å². The van der Waals surface area contributed by atoms with E-state index in [-0.39, 0.29) is 11.6 Å². The van der Waals surface area contributed by atoms with Gasteiger partial charge in [0.05, 0.1) is 0 Å². The Bertz CT molecular complexity index is 745. The molecule has 0 atom stereocenters. The number of hydrogen-bond donors (Lipinski definition) is 4. The van der Waals surface area contributed by atoms with Gasteiger partial charge < -0.3 is 21.3 Å². The molecule has 0 aromatic heterocycles. The average molecular weight is 509 g/mol. The summed E-state index contributed by atoms with van der Waals surface area (Å²) in [5.74, 6) is -0.483. The number of hydrogen-bond acceptors (Lipinski definition) is 2. The normalized spacial score (nSPS) is 10.0. The lowest BCUT2D eigenvalue weighted by Crippen LogP contribution is -2.29. The summed E-state index contributed by atoms with van der Waals surface area (Å²) in [5.41, 5.74) is 1.61. The summed E-state index contributed by atoms with van der Waals surface area (Å²) in [7, 11) is 0. The third-order valence-corrected chi connectivity index (χ3v) is 5.33. The van der Waals surface area contributed by atoms with Crippen LogP contribution < -0.4 is 21.3 Å². The molecule has 0 unspecified atom stereocenters. The zero-order valence-corrected chi connectivity index (χ0v) is 21.9. The highest BCUT2D eigenvalue weighted by Gasteiger charge is 1.98. The van der Waals surface area contributed by atoms with Crippen LogP contribution in [0.15, 0.2) is 48.5 Å². The molecule has 0 aliphatic rings. The van der Waals surface area contributed by atoms with E-state index < -0.39 is 0 Å². The van der Waals surface area contributed by atoms with Crippen molar-refractivity contribution in [1.29, 1.82) is 0 Å². The zero-order chi connectivity index (χ0) is 25.0. The molecule has 34 heavy (non-hydrogen) atoms. The van der Waals surface area contributed by atoms with Gasteiger partial charge in [0.1, 0.15) is 11.6 Å². The number of benzene rings is 2. The van der Waals surface area contributed by atoms with Gasteiger partial charge in [0.15, 0.2) is 10.2 Å². The van der Waals surface area contributed by atoms with Crippen molar-refractivity contribution in [3.63, 3.8) is 0 Å². The highest BCUT2D eigenvalue weighted by Crippen LogP contribution is 2.09. The topological polar surface area (TPSA) is 48.1 Å². The molecule has 0 spiro atoms. The predicted molar refractivity (Wildman–Crippen MR) is 150 cm³/mol. The van der Waals surface area contributed by atoms with Crippen LogP contribution in [0.2, 0.25) is 0 Å². The molecule has 0 saturated heterocycles. The average Bonchev–Trinajstić information content (AvgIpc) is 2.82. The molecule has 0 aliphatic carbocycles. The Morgan fingerprint density at radius 3 is 1.26 bits per heavy atom. The van der Waals surface area contributed by atoms with Gasteiger partial charge in [-0.15, -0.1) is 0 Å². The summed E-state index contributed by atoms with van der Waals surface area (Å²) in [6.45, 7) is 6.14. The van der Waals surface area contributed by atoms with E-state index in [9.17, 15) is 8.78 Å². The maximum atomic E-state index is 12.7. The van der Waals surface area contributed by atoms with E-state index >= 15 is 0 Å². The molecule has 0 saturated carbocycles. The van der Waals surface area contributed by atoms with E-state index in [2.05, 4.69) is 35.1 Å². The summed E-state index contributed by atoms with van der Waals surface area (Å²) in [6, 6.07) is 12.3. The number of unbranched alkanes of at least 4 members (excludes halogenated alkanes) is 6. The first kappa shape index (κ1) is 29.7. The molecule has 4 N–H and O–H groups in total. The van der Waals surface area contributed by atoms with Crippen LogP contribution in [0.5, 0.6) is 0 Å². The smallest absolute Gasteiger partial charge is 0.170 e. The molecule has 188 valence electrons. The van der Waals surface area contributed by atoms with Gasteiger partial charge in [-0.2, -0.15) is 0 Å². The highest BCUT2D eigenvalue weighted by molar-refractivity contribution is 7.80. The Hall–Kier alpha value is -2.32. The predicted octanol–water partition coefficient (Wildman–Crippen LogP) is 7.38. The largest absolute Gasteiger partial charge is 0.362 e. The van der Waals surface area contributed by atoms with Crippen molar-refractivity contribution in [2.45, 2.75) is 65.2 Å². The molecule has 0 aliphatic heterocycles. The fourth-order valence-corrected chi connectivity index (χ4v) is 3.36. The van der Waals surface area contributed by atoms with Crippen LogP contribution in [-0.2, 0) is 0 Å². The van der Waals surface area contributed by atoms with Crippen molar-refractivity contribution in [2.24, 2.45) is 0 Å². The van der Waals surface area contributed by atoms with Crippen LogP contribution in [-0.4, -0.2) is 23.3 Å². The number of anilines is 2. The fourth-order valence-electron chi connectivity index (χ4n) is 2.92. The van der Waals surface area contributed by atoms with Gasteiger partial charge >= 0.3 is 0 Å². The van der Waals surface area contributed by atoms with Gasteiger partial charge in [0.25, 0.3) is 0 Å². The van der Waals surface area contributed by atoms with Crippen LogP contribution in [0, 0.1) is 11.6 Å². The van der Waals surface area contributed by atoms with E-state index in [1.807, 2.05) is 0 Å². The lowest BCUT2D eigenvalue weighted by atomic mass is 10.2. The van der Waals surface area contributed by atoms with Crippen molar-refractivity contribution in [3.8, 4) is 0 Å². The zero-order valence-electron chi connectivity index (χ0n) is 20.3. The van der Waals surface area contributed by atoms with Crippen LogP contribution in [0.3, 0.4) is 0 Å². The minimum Gasteiger partial charge on any atom is -0.362 e. The van der Waals surface area contributed by atoms with Gasteiger partial charge in [-0.05, 0) is 85.8 Å². The van der Waals surface area contributed by atoms with Gasteiger partial charge in [0.2, 0.25) is 0 Å². The van der Waals surface area contributed by atoms with Crippen LogP contribution >= 0.6 is 24.4 Å². The summed E-state index contributed by atoms with van der Waals surface area (Å²) in [6.07, 6.45) is 9.69. The van der Waals surface area contributed by atoms with Crippen LogP contribution in [0.1, 0.15) is 65.2 Å². The van der Waals surface area contributed by atoms with E-state index in [0.717, 1.165) is 37.3 Å². The second-order valence-electron chi connectivity index (χ2n) is 7.90. The molecule has 0 radical (unpaired) electrons. The molecule has 0 fully saturated rings. The van der Waals surface area contributed by atoms with Crippen LogP contribution in [0.25, 0.3) is 0 Å². The SMILES string of the molecule is CCCCCCNC(=S)Nc1ccc(F)cc1.CCCCCCNC(=S)Nc1ccc(F)cc1. The van der Waals surface area contributed by atoms with E-state index in [1.165, 1.54) is 62.8 Å². The third-order valence-electron chi connectivity index (χ3n) is 4.84. The molecular formula is C26H38F2N4S2. The summed E-state index contributed by atoms with van der Waals surface area (Å²) in [4.78, 5) is 0. The Labute approximate surface area is 214 Å². The maximum Gasteiger partial charge on any atom is 0.170 e. The molecule has 4 nitrogen and oxygen atoms in total. The van der Waals surface area contributed by atoms with Gasteiger partial charge in [-0.3, -0.25) is 0 Å². The first-order chi connectivity index (χ1) is 16.4. The minimum atomic E-state index is -0.242. The Morgan fingerprint density at radius 1 is 0.588 bits per heavy atom. The first-order valence-electron chi connectivity index (χ1n) is 12.1. The second kappa shape index (κ2) is 19.0. The molecular weight excluding hydrogens is 470 g/mol. The fraction of sp³-hybridized carbons (Fsp3) is 0.462. The lowest BCUT2D eigenvalue weighted by molar-refractivity contribution is 0.627. The van der Waals surface area contributed by atoms with Crippen molar-refractivity contribution >= 4 is 46.0 Å². The first-order valence-corrected chi connectivity index (χ1v) is 12.9. The van der Waals surface area contributed by atoms with Crippen molar-refractivity contribution in [3.05, 3.63) is 60.2 Å². The number of nitrogens with one attached hydrogen (secondary N) is 4. The molecule has 2 aromatic rings. The maximum absolute atomic E-state index is 12.7. The molecule has 0 bridgehead atoms. The lowest BCUT2D eigenvalue weighted by Gasteiger charge is -2.10. The Balaban J connectivity index is 0.000000340. The molecule has 0 amide bonds. The van der Waals surface area contributed by atoms with E-state index in [1.54, 1.807) is 24.3 Å². The Kier molecular flexibility index (Phi) is 16.6. The van der Waals surface area contributed by atoms with Gasteiger partial charge in [0, 0.05) is 24.5 Å². The molecule has 2 rings (SSSR count). The molecule has 0 heterocycles. The highest BCUT2D eigenvalue weighted by atomic mass is 32.1.